The maximum atomic E-state index is 13.5. The lowest BCUT2D eigenvalue weighted by atomic mass is 9.95. The number of nitrogens with one attached hydrogen (secondary N) is 1. The second-order valence-corrected chi connectivity index (χ2v) is 12.4. The molecule has 2 saturated heterocycles. The van der Waals surface area contributed by atoms with E-state index in [2.05, 4.69) is 22.1 Å². The van der Waals surface area contributed by atoms with Crippen LogP contribution in [0.4, 0.5) is 8.78 Å². The van der Waals surface area contributed by atoms with E-state index in [0.717, 1.165) is 47.2 Å². The first kappa shape index (κ1) is 32.9. The molecule has 2 fully saturated rings. The summed E-state index contributed by atoms with van der Waals surface area (Å²) in [6, 6.07) is 9.68. The van der Waals surface area contributed by atoms with E-state index in [1.54, 1.807) is 32.4 Å². The lowest BCUT2D eigenvalue weighted by molar-refractivity contribution is -0.136. The van der Waals surface area contributed by atoms with Gasteiger partial charge in [-0.15, -0.1) is 0 Å². The Bertz CT molecular complexity index is 1880. The Kier molecular flexibility index (Phi) is 9.33. The average Bonchev–Trinajstić information content (AvgIpc) is 3.40. The molecule has 1 aromatic heterocycles. The molecule has 12 heteroatoms. The molecule has 4 heterocycles. The summed E-state index contributed by atoms with van der Waals surface area (Å²) in [5, 5.41) is 2.33. The summed E-state index contributed by atoms with van der Waals surface area (Å²) in [6.45, 7) is 2.46. The van der Waals surface area contributed by atoms with Gasteiger partial charge in [0.15, 0.2) is 0 Å². The Balaban J connectivity index is 1.11. The Morgan fingerprint density at radius 3 is 2.31 bits per heavy atom. The second-order valence-electron chi connectivity index (χ2n) is 12.4. The topological polar surface area (TPSA) is 110 Å². The van der Waals surface area contributed by atoms with Gasteiger partial charge in [-0.25, -0.2) is 8.78 Å². The highest BCUT2D eigenvalue weighted by Gasteiger charge is 2.39. The molecule has 2 aromatic carbocycles. The molecular weight excluding hydrogens is 622 g/mol. The minimum absolute atomic E-state index is 0.171. The molecule has 0 saturated carbocycles. The predicted molar refractivity (Wildman–Crippen MR) is 173 cm³/mol. The highest BCUT2D eigenvalue weighted by Crippen LogP contribution is 2.37. The summed E-state index contributed by atoms with van der Waals surface area (Å²) in [5.74, 6) is 6.94. The first-order valence-electron chi connectivity index (χ1n) is 15.8. The van der Waals surface area contributed by atoms with Crippen molar-refractivity contribution in [3.63, 3.8) is 0 Å². The lowest BCUT2D eigenvalue weighted by Crippen LogP contribution is -2.52. The van der Waals surface area contributed by atoms with Gasteiger partial charge in [0.1, 0.15) is 17.5 Å². The standard InChI is InChI=1S/C36H36F2N4O6/c1-40-18-25(15-27(33(37)38)35(40)45)24-16-30(47-2)28(31(17-24)48-3)20-41-12-10-21(11-13-41)4-5-22-6-7-23-19-42(36(46)26(23)14-22)29-8-9-32(43)39-34(29)44/h6-7,14-18,21,29,33H,8-13,19-20H2,1-3H3,(H,39,43,44). The number of carbonyl (C=O) groups excluding carboxylic acids is 3. The van der Waals surface area contributed by atoms with Crippen molar-refractivity contribution in [3.05, 3.63) is 80.8 Å². The molecule has 0 aliphatic carbocycles. The molecule has 48 heavy (non-hydrogen) atoms. The van der Waals surface area contributed by atoms with Crippen molar-refractivity contribution in [1.29, 1.82) is 0 Å². The van der Waals surface area contributed by atoms with Crippen molar-refractivity contribution in [2.45, 2.75) is 51.2 Å². The fourth-order valence-electron chi connectivity index (χ4n) is 6.64. The van der Waals surface area contributed by atoms with Crippen molar-refractivity contribution in [1.82, 2.24) is 19.7 Å². The van der Waals surface area contributed by atoms with Gasteiger partial charge in [-0.1, -0.05) is 17.9 Å². The number of alkyl halides is 2. The summed E-state index contributed by atoms with van der Waals surface area (Å²) in [5.41, 5.74) is 2.70. The van der Waals surface area contributed by atoms with Gasteiger partial charge < -0.3 is 18.9 Å². The predicted octanol–water partition coefficient (Wildman–Crippen LogP) is 4.03. The first-order chi connectivity index (χ1) is 23.1. The number of rotatable bonds is 7. The molecule has 0 spiro atoms. The van der Waals surface area contributed by atoms with Crippen LogP contribution in [-0.2, 0) is 29.7 Å². The maximum absolute atomic E-state index is 13.5. The number of nitrogens with zero attached hydrogens (tertiary/aromatic N) is 3. The van der Waals surface area contributed by atoms with Crippen LogP contribution in [0, 0.1) is 17.8 Å². The molecule has 1 N–H and O–H groups in total. The van der Waals surface area contributed by atoms with E-state index in [4.69, 9.17) is 9.47 Å². The van der Waals surface area contributed by atoms with Crippen LogP contribution in [0.2, 0.25) is 0 Å². The molecule has 1 atom stereocenters. The number of likely N-dealkylation sites (tertiary alicyclic amines) is 1. The molecule has 0 bridgehead atoms. The van der Waals surface area contributed by atoms with Crippen molar-refractivity contribution >= 4 is 17.7 Å². The summed E-state index contributed by atoms with van der Waals surface area (Å²) in [7, 11) is 4.54. The van der Waals surface area contributed by atoms with Crippen molar-refractivity contribution in [3.8, 4) is 34.5 Å². The average molecular weight is 659 g/mol. The zero-order valence-electron chi connectivity index (χ0n) is 27.0. The minimum atomic E-state index is -2.89. The molecular formula is C36H36F2N4O6. The van der Waals surface area contributed by atoms with E-state index in [0.29, 0.717) is 47.7 Å². The molecule has 10 nitrogen and oxygen atoms in total. The Hall–Kier alpha value is -5.02. The summed E-state index contributed by atoms with van der Waals surface area (Å²) in [6.07, 6.45) is 0.848. The number of piperidine rings is 2. The smallest absolute Gasteiger partial charge is 0.269 e. The molecule has 3 aliphatic rings. The highest BCUT2D eigenvalue weighted by atomic mass is 19.3. The third kappa shape index (κ3) is 6.55. The number of halogens is 2. The number of methoxy groups -OCH3 is 2. The van der Waals surface area contributed by atoms with E-state index in [9.17, 15) is 28.0 Å². The number of carbonyl (C=O) groups is 3. The van der Waals surface area contributed by atoms with Crippen LogP contribution in [-0.4, -0.2) is 65.4 Å². The van der Waals surface area contributed by atoms with Crippen molar-refractivity contribution in [2.75, 3.05) is 27.3 Å². The summed E-state index contributed by atoms with van der Waals surface area (Å²) in [4.78, 5) is 53.0. The summed E-state index contributed by atoms with van der Waals surface area (Å²) >= 11 is 0. The minimum Gasteiger partial charge on any atom is -0.496 e. The third-order valence-corrected chi connectivity index (χ3v) is 9.31. The lowest BCUT2D eigenvalue weighted by Gasteiger charge is -2.30. The molecule has 3 amide bonds. The monoisotopic (exact) mass is 658 g/mol. The van der Waals surface area contributed by atoms with Gasteiger partial charge in [-0.2, -0.15) is 0 Å². The van der Waals surface area contributed by atoms with Crippen LogP contribution in [0.15, 0.2) is 47.4 Å². The molecule has 6 rings (SSSR count). The van der Waals surface area contributed by atoms with Crippen LogP contribution in [0.3, 0.4) is 0 Å². The van der Waals surface area contributed by atoms with Crippen LogP contribution < -0.4 is 20.3 Å². The van der Waals surface area contributed by atoms with E-state index in [1.807, 2.05) is 12.1 Å². The molecule has 0 radical (unpaired) electrons. The Morgan fingerprint density at radius 2 is 1.67 bits per heavy atom. The maximum Gasteiger partial charge on any atom is 0.269 e. The number of aryl methyl sites for hydroxylation is 1. The molecule has 1 unspecified atom stereocenters. The van der Waals surface area contributed by atoms with E-state index >= 15 is 0 Å². The second kappa shape index (κ2) is 13.6. The van der Waals surface area contributed by atoms with Crippen molar-refractivity contribution in [2.24, 2.45) is 13.0 Å². The highest BCUT2D eigenvalue weighted by molar-refractivity contribution is 6.05. The van der Waals surface area contributed by atoms with E-state index in [-0.39, 0.29) is 24.2 Å². The van der Waals surface area contributed by atoms with E-state index < -0.39 is 29.5 Å². The van der Waals surface area contributed by atoms with Crippen LogP contribution >= 0.6 is 0 Å². The van der Waals surface area contributed by atoms with Crippen LogP contribution in [0.5, 0.6) is 11.5 Å². The largest absolute Gasteiger partial charge is 0.496 e. The SMILES string of the molecule is COc1cc(-c2cc(C(F)F)c(=O)n(C)c2)cc(OC)c1CN1CCC(C#Cc2ccc3c(c2)C(=O)N(C2CCC(=O)NC2=O)C3)CC1. The van der Waals surface area contributed by atoms with Gasteiger partial charge in [0, 0.05) is 49.8 Å². The first-order valence-corrected chi connectivity index (χ1v) is 15.8. The number of amides is 3. The number of pyridine rings is 1. The number of ether oxygens (including phenoxy) is 2. The summed E-state index contributed by atoms with van der Waals surface area (Å²) < 4.78 is 39.6. The van der Waals surface area contributed by atoms with Crippen LogP contribution in [0.25, 0.3) is 11.1 Å². The Morgan fingerprint density at radius 1 is 0.958 bits per heavy atom. The number of aromatic nitrogens is 1. The quantitative estimate of drug-likeness (QED) is 0.302. The number of hydrogen-bond donors (Lipinski definition) is 1. The van der Waals surface area contributed by atoms with Gasteiger partial charge in [0.2, 0.25) is 11.8 Å². The molecule has 3 aliphatic heterocycles. The number of benzene rings is 2. The van der Waals surface area contributed by atoms with Gasteiger partial charge in [0.25, 0.3) is 17.9 Å². The zero-order valence-corrected chi connectivity index (χ0v) is 27.0. The fraction of sp³-hybridized carbons (Fsp3) is 0.389. The third-order valence-electron chi connectivity index (χ3n) is 9.31. The Labute approximate surface area is 276 Å². The van der Waals surface area contributed by atoms with Gasteiger partial charge in [-0.05, 0) is 79.4 Å². The number of hydrogen-bond acceptors (Lipinski definition) is 7. The van der Waals surface area contributed by atoms with Gasteiger partial charge in [-0.3, -0.25) is 29.4 Å². The van der Waals surface area contributed by atoms with Crippen molar-refractivity contribution < 1.29 is 32.6 Å². The molecule has 3 aromatic rings. The zero-order chi connectivity index (χ0) is 34.1. The van der Waals surface area contributed by atoms with Crippen LogP contribution in [0.1, 0.15) is 64.7 Å². The fourth-order valence-corrected chi connectivity index (χ4v) is 6.64. The number of imide groups is 1. The van der Waals surface area contributed by atoms with E-state index in [1.165, 1.54) is 24.2 Å². The van der Waals surface area contributed by atoms with Gasteiger partial charge >= 0.3 is 0 Å². The number of fused-ring (bicyclic) bond motifs is 1. The van der Waals surface area contributed by atoms with Gasteiger partial charge in [0.05, 0.1) is 25.3 Å². The normalized spacial score (nSPS) is 18.4. The molecule has 250 valence electrons.